The Kier molecular flexibility index (Phi) is 5.28. The SMILES string of the molecule is CCCC1CCC(C(=O)O)C(Sc2nc(C)cs2)C1. The summed E-state index contributed by atoms with van der Waals surface area (Å²) >= 11 is 3.31. The molecule has 0 aromatic carbocycles. The highest BCUT2D eigenvalue weighted by molar-refractivity contribution is 8.01. The predicted molar refractivity (Wildman–Crippen MR) is 79.9 cm³/mol. The van der Waals surface area contributed by atoms with E-state index in [-0.39, 0.29) is 11.2 Å². The third-order valence-corrected chi connectivity index (χ3v) is 6.21. The number of carboxylic acid groups (broad SMARTS) is 1. The molecule has 1 aromatic heterocycles. The standard InChI is InChI=1S/C14H21NO2S2/c1-3-4-10-5-6-11(13(16)17)12(7-10)19-14-15-9(2)8-18-14/h8,10-12H,3-7H2,1-2H3,(H,16,17). The van der Waals surface area contributed by atoms with Crippen LogP contribution in [0.25, 0.3) is 0 Å². The van der Waals surface area contributed by atoms with Gasteiger partial charge in [0.05, 0.1) is 5.92 Å². The molecular weight excluding hydrogens is 278 g/mol. The Morgan fingerprint density at radius 1 is 1.58 bits per heavy atom. The van der Waals surface area contributed by atoms with Crippen LogP contribution in [-0.4, -0.2) is 21.3 Å². The summed E-state index contributed by atoms with van der Waals surface area (Å²) in [6.07, 6.45) is 5.32. The number of carboxylic acids is 1. The molecule has 1 saturated carbocycles. The summed E-state index contributed by atoms with van der Waals surface area (Å²) in [6.45, 7) is 4.19. The normalized spacial score (nSPS) is 27.4. The van der Waals surface area contributed by atoms with Crippen LogP contribution in [-0.2, 0) is 4.79 Å². The van der Waals surface area contributed by atoms with Crippen molar-refractivity contribution in [3.05, 3.63) is 11.1 Å². The molecule has 0 aliphatic heterocycles. The second-order valence-electron chi connectivity index (χ2n) is 5.32. The van der Waals surface area contributed by atoms with Gasteiger partial charge in [0.1, 0.15) is 4.34 Å². The van der Waals surface area contributed by atoms with Gasteiger partial charge in [-0.05, 0) is 32.1 Å². The van der Waals surface area contributed by atoms with Crippen LogP contribution in [0.3, 0.4) is 0 Å². The molecule has 2 rings (SSSR count). The van der Waals surface area contributed by atoms with E-state index in [1.807, 2.05) is 12.3 Å². The molecule has 0 radical (unpaired) electrons. The van der Waals surface area contributed by atoms with Gasteiger partial charge >= 0.3 is 5.97 Å². The lowest BCUT2D eigenvalue weighted by atomic mass is 9.80. The molecule has 5 heteroatoms. The summed E-state index contributed by atoms with van der Waals surface area (Å²) in [5.41, 5.74) is 1.03. The quantitative estimate of drug-likeness (QED) is 0.884. The van der Waals surface area contributed by atoms with Crippen molar-refractivity contribution < 1.29 is 9.90 Å². The van der Waals surface area contributed by atoms with Crippen LogP contribution < -0.4 is 0 Å². The Balaban J connectivity index is 2.04. The zero-order valence-electron chi connectivity index (χ0n) is 11.5. The molecule has 1 fully saturated rings. The number of aryl methyl sites for hydroxylation is 1. The zero-order valence-corrected chi connectivity index (χ0v) is 13.1. The highest BCUT2D eigenvalue weighted by Crippen LogP contribution is 2.42. The van der Waals surface area contributed by atoms with Crippen LogP contribution in [0.1, 0.15) is 44.7 Å². The summed E-state index contributed by atoms with van der Waals surface area (Å²) in [7, 11) is 0. The maximum atomic E-state index is 11.4. The summed E-state index contributed by atoms with van der Waals surface area (Å²) in [5, 5.41) is 11.6. The molecule has 1 aromatic rings. The summed E-state index contributed by atoms with van der Waals surface area (Å²) < 4.78 is 1.02. The van der Waals surface area contributed by atoms with E-state index < -0.39 is 5.97 Å². The van der Waals surface area contributed by atoms with Gasteiger partial charge in [0.2, 0.25) is 0 Å². The number of hydrogen-bond donors (Lipinski definition) is 1. The molecule has 1 heterocycles. The van der Waals surface area contributed by atoms with Gasteiger partial charge in [0.15, 0.2) is 0 Å². The molecule has 0 saturated heterocycles. The topological polar surface area (TPSA) is 50.2 Å². The molecule has 3 unspecified atom stereocenters. The molecule has 106 valence electrons. The fourth-order valence-corrected chi connectivity index (χ4v) is 5.31. The molecule has 1 N–H and O–H groups in total. The van der Waals surface area contributed by atoms with Gasteiger partial charge < -0.3 is 5.11 Å². The van der Waals surface area contributed by atoms with E-state index in [0.717, 1.165) is 29.3 Å². The Bertz CT molecular complexity index is 433. The monoisotopic (exact) mass is 299 g/mol. The predicted octanol–water partition coefficient (Wildman–Crippen LogP) is 4.21. The summed E-state index contributed by atoms with van der Waals surface area (Å²) in [6, 6.07) is 0. The number of thioether (sulfide) groups is 1. The number of rotatable bonds is 5. The van der Waals surface area contributed by atoms with Crippen LogP contribution in [0.2, 0.25) is 0 Å². The van der Waals surface area contributed by atoms with Gasteiger partial charge in [-0.2, -0.15) is 0 Å². The summed E-state index contributed by atoms with van der Waals surface area (Å²) in [4.78, 5) is 15.9. The van der Waals surface area contributed by atoms with Crippen molar-refractivity contribution in [2.24, 2.45) is 11.8 Å². The summed E-state index contributed by atoms with van der Waals surface area (Å²) in [5.74, 6) is -0.151. The second kappa shape index (κ2) is 6.75. The average Bonchev–Trinajstić information content (AvgIpc) is 2.75. The van der Waals surface area contributed by atoms with E-state index in [0.29, 0.717) is 5.92 Å². The fraction of sp³-hybridized carbons (Fsp3) is 0.714. The van der Waals surface area contributed by atoms with Crippen molar-refractivity contribution in [3.63, 3.8) is 0 Å². The number of carbonyl (C=O) groups is 1. The van der Waals surface area contributed by atoms with E-state index in [1.165, 1.54) is 12.8 Å². The molecule has 19 heavy (non-hydrogen) atoms. The van der Waals surface area contributed by atoms with E-state index in [1.54, 1.807) is 23.1 Å². The van der Waals surface area contributed by atoms with Crippen molar-refractivity contribution in [1.82, 2.24) is 4.98 Å². The molecule has 1 aliphatic rings. The third kappa shape index (κ3) is 3.96. The minimum absolute atomic E-state index is 0.188. The lowest BCUT2D eigenvalue weighted by Crippen LogP contribution is -2.32. The lowest BCUT2D eigenvalue weighted by Gasteiger charge is -2.33. The van der Waals surface area contributed by atoms with Crippen LogP contribution in [0.4, 0.5) is 0 Å². The van der Waals surface area contributed by atoms with Gasteiger partial charge in [-0.3, -0.25) is 4.79 Å². The lowest BCUT2D eigenvalue weighted by molar-refractivity contribution is -0.142. The first kappa shape index (κ1) is 14.9. The highest BCUT2D eigenvalue weighted by Gasteiger charge is 2.35. The zero-order chi connectivity index (χ0) is 13.8. The van der Waals surface area contributed by atoms with Gasteiger partial charge in [-0.15, -0.1) is 11.3 Å². The van der Waals surface area contributed by atoms with Crippen molar-refractivity contribution in [3.8, 4) is 0 Å². The first-order valence-electron chi connectivity index (χ1n) is 6.91. The Morgan fingerprint density at radius 2 is 2.37 bits per heavy atom. The van der Waals surface area contributed by atoms with Gasteiger partial charge in [-0.1, -0.05) is 31.5 Å². The van der Waals surface area contributed by atoms with Gasteiger partial charge in [0, 0.05) is 16.3 Å². The molecule has 1 aliphatic carbocycles. The van der Waals surface area contributed by atoms with Crippen LogP contribution in [0.15, 0.2) is 9.72 Å². The molecular formula is C14H21NO2S2. The Morgan fingerprint density at radius 3 is 2.95 bits per heavy atom. The van der Waals surface area contributed by atoms with Crippen LogP contribution in [0.5, 0.6) is 0 Å². The van der Waals surface area contributed by atoms with Crippen molar-refractivity contribution in [2.75, 3.05) is 0 Å². The average molecular weight is 299 g/mol. The smallest absolute Gasteiger partial charge is 0.307 e. The molecule has 0 amide bonds. The van der Waals surface area contributed by atoms with Crippen molar-refractivity contribution >= 4 is 29.1 Å². The Hall–Kier alpha value is -0.550. The Labute approximate surface area is 122 Å². The minimum Gasteiger partial charge on any atom is -0.481 e. The third-order valence-electron chi connectivity index (χ3n) is 3.76. The number of hydrogen-bond acceptors (Lipinski definition) is 4. The van der Waals surface area contributed by atoms with E-state index in [2.05, 4.69) is 11.9 Å². The van der Waals surface area contributed by atoms with E-state index in [9.17, 15) is 9.90 Å². The highest BCUT2D eigenvalue weighted by atomic mass is 32.2. The van der Waals surface area contributed by atoms with Crippen LogP contribution >= 0.6 is 23.1 Å². The van der Waals surface area contributed by atoms with Crippen LogP contribution in [0, 0.1) is 18.8 Å². The number of thiazole rings is 1. The number of nitrogens with zero attached hydrogens (tertiary/aromatic N) is 1. The van der Waals surface area contributed by atoms with Crippen molar-refractivity contribution in [1.29, 1.82) is 0 Å². The molecule has 0 bridgehead atoms. The number of aromatic nitrogens is 1. The second-order valence-corrected chi connectivity index (χ2v) is 7.67. The maximum absolute atomic E-state index is 11.4. The van der Waals surface area contributed by atoms with Gasteiger partial charge in [-0.25, -0.2) is 4.98 Å². The first-order chi connectivity index (χ1) is 9.10. The molecule has 3 nitrogen and oxygen atoms in total. The fourth-order valence-electron chi connectivity index (χ4n) is 2.81. The largest absolute Gasteiger partial charge is 0.481 e. The first-order valence-corrected chi connectivity index (χ1v) is 8.67. The number of aliphatic carboxylic acids is 1. The van der Waals surface area contributed by atoms with Gasteiger partial charge in [0.25, 0.3) is 0 Å². The molecule has 0 spiro atoms. The van der Waals surface area contributed by atoms with E-state index in [4.69, 9.17) is 0 Å². The van der Waals surface area contributed by atoms with E-state index >= 15 is 0 Å². The maximum Gasteiger partial charge on any atom is 0.307 e. The molecule has 3 atom stereocenters. The minimum atomic E-state index is -0.638. The van der Waals surface area contributed by atoms with Crippen molar-refractivity contribution in [2.45, 2.75) is 55.5 Å².